The Morgan fingerprint density at radius 1 is 1.69 bits per heavy atom. The zero-order valence-electron chi connectivity index (χ0n) is 8.49. The molecular weight excluding hydrogens is 184 g/mol. The molecule has 0 spiro atoms. The topological polar surface area (TPSA) is 35.5 Å². The number of aliphatic hydroxyl groups is 1. The van der Waals surface area contributed by atoms with Crippen molar-refractivity contribution in [3.63, 3.8) is 0 Å². The molecule has 1 heterocycles. The van der Waals surface area contributed by atoms with E-state index in [0.29, 0.717) is 12.6 Å². The second-order valence-electron chi connectivity index (χ2n) is 3.67. The first-order valence-electron chi connectivity index (χ1n) is 4.84. The van der Waals surface area contributed by atoms with Gasteiger partial charge in [0.2, 0.25) is 0 Å². The van der Waals surface area contributed by atoms with Crippen molar-refractivity contribution in [2.24, 2.45) is 0 Å². The van der Waals surface area contributed by atoms with Crippen molar-refractivity contribution >= 4 is 11.8 Å². The SMILES string of the molecule is CNCC(O)CN(C)C1CCSC1. The highest BCUT2D eigenvalue weighted by molar-refractivity contribution is 7.99. The van der Waals surface area contributed by atoms with Gasteiger partial charge in [0.05, 0.1) is 6.10 Å². The Balaban J connectivity index is 2.18. The van der Waals surface area contributed by atoms with Gasteiger partial charge in [-0.2, -0.15) is 11.8 Å². The summed E-state index contributed by atoms with van der Waals surface area (Å²) in [5, 5.41) is 12.6. The molecule has 2 atom stereocenters. The van der Waals surface area contributed by atoms with Gasteiger partial charge in [-0.05, 0) is 26.3 Å². The predicted molar refractivity (Wildman–Crippen MR) is 58.3 cm³/mol. The molecule has 78 valence electrons. The van der Waals surface area contributed by atoms with E-state index < -0.39 is 0 Å². The standard InChI is InChI=1S/C9H20N2OS/c1-10-5-9(12)6-11(2)8-3-4-13-7-8/h8-10,12H,3-7H2,1-2H3. The molecule has 0 aromatic heterocycles. The molecule has 2 N–H and O–H groups in total. The van der Waals surface area contributed by atoms with E-state index in [2.05, 4.69) is 17.3 Å². The lowest BCUT2D eigenvalue weighted by atomic mass is 10.2. The highest BCUT2D eigenvalue weighted by atomic mass is 32.2. The van der Waals surface area contributed by atoms with Crippen LogP contribution in [0, 0.1) is 0 Å². The molecule has 0 amide bonds. The molecule has 3 nitrogen and oxygen atoms in total. The van der Waals surface area contributed by atoms with Crippen molar-refractivity contribution in [2.75, 3.05) is 38.7 Å². The van der Waals surface area contributed by atoms with Gasteiger partial charge < -0.3 is 10.4 Å². The summed E-state index contributed by atoms with van der Waals surface area (Å²) < 4.78 is 0. The smallest absolute Gasteiger partial charge is 0.0791 e. The molecule has 13 heavy (non-hydrogen) atoms. The van der Waals surface area contributed by atoms with Crippen molar-refractivity contribution in [2.45, 2.75) is 18.6 Å². The Labute approximate surface area is 84.9 Å². The van der Waals surface area contributed by atoms with Crippen LogP contribution >= 0.6 is 11.8 Å². The van der Waals surface area contributed by atoms with Crippen LogP contribution in [0.2, 0.25) is 0 Å². The lowest BCUT2D eigenvalue weighted by molar-refractivity contribution is 0.110. The number of hydrogen-bond acceptors (Lipinski definition) is 4. The van der Waals surface area contributed by atoms with Gasteiger partial charge in [0.15, 0.2) is 0 Å². The van der Waals surface area contributed by atoms with Gasteiger partial charge in [-0.15, -0.1) is 0 Å². The molecular formula is C9H20N2OS. The maximum atomic E-state index is 9.57. The first-order chi connectivity index (χ1) is 6.24. The van der Waals surface area contributed by atoms with E-state index in [0.717, 1.165) is 6.54 Å². The zero-order chi connectivity index (χ0) is 9.68. The zero-order valence-corrected chi connectivity index (χ0v) is 9.31. The van der Waals surface area contributed by atoms with Gasteiger partial charge in [0.1, 0.15) is 0 Å². The van der Waals surface area contributed by atoms with E-state index in [1.807, 2.05) is 18.8 Å². The minimum atomic E-state index is -0.236. The fourth-order valence-electron chi connectivity index (χ4n) is 1.65. The van der Waals surface area contributed by atoms with Crippen molar-refractivity contribution in [3.8, 4) is 0 Å². The number of aliphatic hydroxyl groups excluding tert-OH is 1. The second-order valence-corrected chi connectivity index (χ2v) is 4.82. The molecule has 0 aliphatic carbocycles. The molecule has 1 fully saturated rings. The average Bonchev–Trinajstić information content (AvgIpc) is 2.55. The Bertz CT molecular complexity index is 140. The van der Waals surface area contributed by atoms with E-state index in [-0.39, 0.29) is 6.10 Å². The molecule has 1 rings (SSSR count). The summed E-state index contributed by atoms with van der Waals surface area (Å²) in [4.78, 5) is 2.28. The van der Waals surface area contributed by atoms with E-state index in [1.165, 1.54) is 17.9 Å². The Morgan fingerprint density at radius 3 is 3.00 bits per heavy atom. The first kappa shape index (κ1) is 11.3. The van der Waals surface area contributed by atoms with Crippen LogP contribution in [0.25, 0.3) is 0 Å². The number of thioether (sulfide) groups is 1. The maximum absolute atomic E-state index is 9.57. The normalized spacial score (nSPS) is 25.4. The first-order valence-corrected chi connectivity index (χ1v) is 6.00. The van der Waals surface area contributed by atoms with Gasteiger partial charge in [-0.3, -0.25) is 4.90 Å². The van der Waals surface area contributed by atoms with Crippen molar-refractivity contribution in [3.05, 3.63) is 0 Å². The monoisotopic (exact) mass is 204 g/mol. The van der Waals surface area contributed by atoms with Gasteiger partial charge in [0, 0.05) is 24.9 Å². The molecule has 0 aromatic carbocycles. The second kappa shape index (κ2) is 5.86. The van der Waals surface area contributed by atoms with Crippen molar-refractivity contribution < 1.29 is 5.11 Å². The predicted octanol–water partition coefficient (Wildman–Crippen LogP) is 0.00400. The summed E-state index contributed by atoms with van der Waals surface area (Å²) >= 11 is 2.01. The number of hydrogen-bond donors (Lipinski definition) is 2. The van der Waals surface area contributed by atoms with Crippen LogP contribution < -0.4 is 5.32 Å². The molecule has 4 heteroatoms. The summed E-state index contributed by atoms with van der Waals surface area (Å²) in [6, 6.07) is 0.677. The van der Waals surface area contributed by atoms with Crippen molar-refractivity contribution in [1.82, 2.24) is 10.2 Å². The number of rotatable bonds is 5. The van der Waals surface area contributed by atoms with E-state index in [9.17, 15) is 5.11 Å². The Kier molecular flexibility index (Phi) is 5.09. The van der Waals surface area contributed by atoms with Crippen LogP contribution in [-0.2, 0) is 0 Å². The van der Waals surface area contributed by atoms with Crippen LogP contribution in [0.1, 0.15) is 6.42 Å². The largest absolute Gasteiger partial charge is 0.390 e. The summed E-state index contributed by atoms with van der Waals surface area (Å²) in [6.45, 7) is 1.47. The highest BCUT2D eigenvalue weighted by Gasteiger charge is 2.21. The molecule has 1 saturated heterocycles. The summed E-state index contributed by atoms with van der Waals surface area (Å²) in [5.74, 6) is 2.50. The lowest BCUT2D eigenvalue weighted by Gasteiger charge is -2.25. The van der Waals surface area contributed by atoms with E-state index >= 15 is 0 Å². The van der Waals surface area contributed by atoms with Gasteiger partial charge in [0.25, 0.3) is 0 Å². The highest BCUT2D eigenvalue weighted by Crippen LogP contribution is 2.21. The molecule has 2 unspecified atom stereocenters. The lowest BCUT2D eigenvalue weighted by Crippen LogP contribution is -2.40. The average molecular weight is 204 g/mol. The summed E-state index contributed by atoms with van der Waals surface area (Å²) in [7, 11) is 3.98. The summed E-state index contributed by atoms with van der Waals surface area (Å²) in [6.07, 6.45) is 1.04. The molecule has 1 aliphatic rings. The van der Waals surface area contributed by atoms with E-state index in [1.54, 1.807) is 0 Å². The minimum absolute atomic E-state index is 0.236. The molecule has 0 aromatic rings. The van der Waals surface area contributed by atoms with Crippen LogP contribution in [-0.4, -0.2) is 60.8 Å². The molecule has 0 bridgehead atoms. The number of likely N-dealkylation sites (N-methyl/N-ethyl adjacent to an activating group) is 2. The van der Waals surface area contributed by atoms with E-state index in [4.69, 9.17) is 0 Å². The maximum Gasteiger partial charge on any atom is 0.0791 e. The third-order valence-corrected chi connectivity index (χ3v) is 3.61. The van der Waals surface area contributed by atoms with Crippen LogP contribution in [0.4, 0.5) is 0 Å². The fraction of sp³-hybridized carbons (Fsp3) is 1.00. The Morgan fingerprint density at radius 2 is 2.46 bits per heavy atom. The molecule has 0 radical (unpaired) electrons. The van der Waals surface area contributed by atoms with Crippen LogP contribution in [0.3, 0.4) is 0 Å². The number of nitrogens with zero attached hydrogens (tertiary/aromatic N) is 1. The van der Waals surface area contributed by atoms with Crippen molar-refractivity contribution in [1.29, 1.82) is 0 Å². The third-order valence-electron chi connectivity index (χ3n) is 2.47. The minimum Gasteiger partial charge on any atom is -0.390 e. The van der Waals surface area contributed by atoms with Crippen LogP contribution in [0.5, 0.6) is 0 Å². The van der Waals surface area contributed by atoms with Gasteiger partial charge in [-0.25, -0.2) is 0 Å². The fourth-order valence-corrected chi connectivity index (χ4v) is 2.95. The third kappa shape index (κ3) is 3.85. The summed E-state index contributed by atoms with van der Waals surface area (Å²) in [5.41, 5.74) is 0. The van der Waals surface area contributed by atoms with Gasteiger partial charge in [-0.1, -0.05) is 0 Å². The van der Waals surface area contributed by atoms with Crippen LogP contribution in [0.15, 0.2) is 0 Å². The quantitative estimate of drug-likeness (QED) is 0.661. The number of nitrogens with one attached hydrogen (secondary N) is 1. The van der Waals surface area contributed by atoms with Gasteiger partial charge >= 0.3 is 0 Å². The Hall–Kier alpha value is 0.230. The molecule has 1 aliphatic heterocycles. The molecule has 0 saturated carbocycles.